The van der Waals surface area contributed by atoms with E-state index in [0.29, 0.717) is 36.2 Å². The predicted molar refractivity (Wildman–Crippen MR) is 92.8 cm³/mol. The third kappa shape index (κ3) is 3.95. The maximum atomic E-state index is 12.3. The first-order valence-electron chi connectivity index (χ1n) is 7.29. The lowest BCUT2D eigenvalue weighted by Gasteiger charge is -2.18. The van der Waals surface area contributed by atoms with Crippen LogP contribution in [0.15, 0.2) is 41.3 Å². The summed E-state index contributed by atoms with van der Waals surface area (Å²) in [7, 11) is -3.72. The van der Waals surface area contributed by atoms with Crippen molar-refractivity contribution in [2.24, 2.45) is 0 Å². The normalized spacial score (nSPS) is 13.8. The number of fused-ring (bicyclic) bond motifs is 1. The molecule has 1 heterocycles. The molecular formula is C16H15Cl2NO4S. The van der Waals surface area contributed by atoms with Gasteiger partial charge < -0.3 is 9.47 Å². The van der Waals surface area contributed by atoms with Gasteiger partial charge in [0.1, 0.15) is 18.1 Å². The summed E-state index contributed by atoms with van der Waals surface area (Å²) >= 11 is 11.8. The van der Waals surface area contributed by atoms with E-state index >= 15 is 0 Å². The molecule has 0 atom stereocenters. The molecule has 0 unspecified atom stereocenters. The first kappa shape index (κ1) is 17.4. The molecule has 0 radical (unpaired) electrons. The number of hydrogen-bond acceptors (Lipinski definition) is 4. The van der Waals surface area contributed by atoms with Gasteiger partial charge in [-0.2, -0.15) is 0 Å². The first-order valence-corrected chi connectivity index (χ1v) is 9.53. The molecule has 1 aliphatic heterocycles. The molecule has 0 bridgehead atoms. The van der Waals surface area contributed by atoms with Crippen LogP contribution in [-0.4, -0.2) is 28.2 Å². The summed E-state index contributed by atoms with van der Waals surface area (Å²) in [4.78, 5) is -0.0289. The van der Waals surface area contributed by atoms with Gasteiger partial charge in [-0.3, -0.25) is 0 Å². The average Bonchev–Trinajstić information content (AvgIpc) is 2.56. The van der Waals surface area contributed by atoms with Crippen molar-refractivity contribution >= 4 is 33.2 Å². The van der Waals surface area contributed by atoms with Crippen molar-refractivity contribution in [3.63, 3.8) is 0 Å². The number of ether oxygens (including phenoxy) is 2. The second kappa shape index (κ2) is 7.19. The van der Waals surface area contributed by atoms with Gasteiger partial charge in [0.25, 0.3) is 0 Å². The Balaban J connectivity index is 1.66. The fraction of sp³-hybridized carbons (Fsp3) is 0.250. The van der Waals surface area contributed by atoms with E-state index in [1.165, 1.54) is 18.2 Å². The van der Waals surface area contributed by atoms with E-state index in [1.54, 1.807) is 0 Å². The predicted octanol–water partition coefficient (Wildman–Crippen LogP) is 3.29. The molecule has 8 heteroatoms. The summed E-state index contributed by atoms with van der Waals surface area (Å²) in [5.41, 5.74) is 0.944. The van der Waals surface area contributed by atoms with Gasteiger partial charge >= 0.3 is 0 Å². The molecule has 0 aliphatic carbocycles. The summed E-state index contributed by atoms with van der Waals surface area (Å²) < 4.78 is 38.2. The van der Waals surface area contributed by atoms with Crippen molar-refractivity contribution < 1.29 is 17.9 Å². The molecule has 0 spiro atoms. The molecule has 24 heavy (non-hydrogen) atoms. The Morgan fingerprint density at radius 3 is 2.54 bits per heavy atom. The fourth-order valence-electron chi connectivity index (χ4n) is 2.33. The Hall–Kier alpha value is -1.47. The third-order valence-electron chi connectivity index (χ3n) is 3.50. The maximum absolute atomic E-state index is 12.3. The van der Waals surface area contributed by atoms with Crippen LogP contribution in [0, 0.1) is 0 Å². The largest absolute Gasteiger partial charge is 0.486 e. The molecule has 1 aliphatic rings. The lowest BCUT2D eigenvalue weighted by molar-refractivity contribution is 0.171. The molecule has 5 nitrogen and oxygen atoms in total. The van der Waals surface area contributed by atoms with Crippen LogP contribution in [0.2, 0.25) is 10.0 Å². The topological polar surface area (TPSA) is 64.6 Å². The van der Waals surface area contributed by atoms with Gasteiger partial charge in [-0.1, -0.05) is 29.3 Å². The summed E-state index contributed by atoms with van der Waals surface area (Å²) in [6.45, 7) is 1.27. The standard InChI is InChI=1S/C16H15Cl2NO4S/c17-12-2-3-13(18)16(10-12)24(20,21)19-6-5-11-1-4-14-15(9-11)23-8-7-22-14/h1-4,9-10,19H,5-8H2. The Bertz CT molecular complexity index is 855. The Morgan fingerprint density at radius 1 is 1.00 bits per heavy atom. The lowest BCUT2D eigenvalue weighted by Crippen LogP contribution is -2.26. The van der Waals surface area contributed by atoms with Crippen molar-refractivity contribution in [3.8, 4) is 11.5 Å². The minimum atomic E-state index is -3.72. The zero-order valence-corrected chi connectivity index (χ0v) is 14.9. The first-order chi connectivity index (χ1) is 11.5. The van der Waals surface area contributed by atoms with Crippen LogP contribution < -0.4 is 14.2 Å². The molecule has 2 aromatic carbocycles. The quantitative estimate of drug-likeness (QED) is 0.854. The van der Waals surface area contributed by atoms with Gasteiger partial charge in [-0.05, 0) is 42.3 Å². The number of sulfonamides is 1. The molecule has 0 saturated carbocycles. The highest BCUT2D eigenvalue weighted by atomic mass is 35.5. The lowest BCUT2D eigenvalue weighted by atomic mass is 10.1. The van der Waals surface area contributed by atoms with Gasteiger partial charge in [0.05, 0.1) is 5.02 Å². The van der Waals surface area contributed by atoms with E-state index in [0.717, 1.165) is 5.56 Å². The Kier molecular flexibility index (Phi) is 5.20. The van der Waals surface area contributed by atoms with E-state index in [1.807, 2.05) is 18.2 Å². The molecule has 0 fully saturated rings. The molecule has 3 rings (SSSR count). The minimum Gasteiger partial charge on any atom is -0.486 e. The van der Waals surface area contributed by atoms with Gasteiger partial charge in [-0.15, -0.1) is 0 Å². The van der Waals surface area contributed by atoms with E-state index in [-0.39, 0.29) is 16.5 Å². The molecule has 0 amide bonds. The summed E-state index contributed by atoms with van der Waals surface area (Å²) in [6.07, 6.45) is 0.508. The van der Waals surface area contributed by atoms with E-state index < -0.39 is 10.0 Å². The molecule has 0 saturated heterocycles. The molecular weight excluding hydrogens is 373 g/mol. The molecule has 128 valence electrons. The van der Waals surface area contributed by atoms with Gasteiger partial charge in [0, 0.05) is 11.6 Å². The van der Waals surface area contributed by atoms with E-state index in [2.05, 4.69) is 4.72 Å². The average molecular weight is 388 g/mol. The Morgan fingerprint density at radius 2 is 1.75 bits per heavy atom. The fourth-order valence-corrected chi connectivity index (χ4v) is 4.13. The van der Waals surface area contributed by atoms with Crippen LogP contribution in [-0.2, 0) is 16.4 Å². The highest BCUT2D eigenvalue weighted by Gasteiger charge is 2.18. The van der Waals surface area contributed by atoms with Crippen molar-refractivity contribution in [2.45, 2.75) is 11.3 Å². The minimum absolute atomic E-state index is 0.0289. The summed E-state index contributed by atoms with van der Waals surface area (Å²) in [5.74, 6) is 1.38. The van der Waals surface area contributed by atoms with Gasteiger partial charge in [0.15, 0.2) is 11.5 Å². The zero-order chi connectivity index (χ0) is 17.2. The van der Waals surface area contributed by atoms with Crippen molar-refractivity contribution in [3.05, 3.63) is 52.0 Å². The van der Waals surface area contributed by atoms with Crippen LogP contribution in [0.1, 0.15) is 5.56 Å². The van der Waals surface area contributed by atoms with E-state index in [4.69, 9.17) is 32.7 Å². The van der Waals surface area contributed by atoms with Crippen LogP contribution in [0.4, 0.5) is 0 Å². The summed E-state index contributed by atoms with van der Waals surface area (Å²) in [5, 5.41) is 0.442. The van der Waals surface area contributed by atoms with Crippen LogP contribution in [0.3, 0.4) is 0 Å². The maximum Gasteiger partial charge on any atom is 0.242 e. The number of nitrogens with one attached hydrogen (secondary N) is 1. The second-order valence-electron chi connectivity index (χ2n) is 5.20. The van der Waals surface area contributed by atoms with Crippen LogP contribution in [0.5, 0.6) is 11.5 Å². The molecule has 2 aromatic rings. The number of benzene rings is 2. The van der Waals surface area contributed by atoms with Gasteiger partial charge in [-0.25, -0.2) is 13.1 Å². The zero-order valence-electron chi connectivity index (χ0n) is 12.6. The SMILES string of the molecule is O=S(=O)(NCCc1ccc2c(c1)OCCO2)c1cc(Cl)ccc1Cl. The highest BCUT2D eigenvalue weighted by molar-refractivity contribution is 7.89. The highest BCUT2D eigenvalue weighted by Crippen LogP contribution is 2.31. The van der Waals surface area contributed by atoms with Crippen LogP contribution in [0.25, 0.3) is 0 Å². The third-order valence-corrected chi connectivity index (χ3v) is 5.67. The molecule has 1 N–H and O–H groups in total. The van der Waals surface area contributed by atoms with Crippen molar-refractivity contribution in [1.82, 2.24) is 4.72 Å². The van der Waals surface area contributed by atoms with Crippen LogP contribution >= 0.6 is 23.2 Å². The van der Waals surface area contributed by atoms with Gasteiger partial charge in [0.2, 0.25) is 10.0 Å². The number of halogens is 2. The number of hydrogen-bond donors (Lipinski definition) is 1. The molecule has 0 aromatic heterocycles. The van der Waals surface area contributed by atoms with E-state index in [9.17, 15) is 8.42 Å². The Labute approximate surface area is 150 Å². The monoisotopic (exact) mass is 387 g/mol. The van der Waals surface area contributed by atoms with Crippen molar-refractivity contribution in [2.75, 3.05) is 19.8 Å². The smallest absolute Gasteiger partial charge is 0.242 e. The second-order valence-corrected chi connectivity index (χ2v) is 7.78. The summed E-state index contributed by atoms with van der Waals surface area (Å²) in [6, 6.07) is 9.89. The van der Waals surface area contributed by atoms with Crippen molar-refractivity contribution in [1.29, 1.82) is 0 Å². The number of rotatable bonds is 5.